The number of nitrogens with zero attached hydrogens (tertiary/aromatic N) is 7. The summed E-state index contributed by atoms with van der Waals surface area (Å²) >= 11 is 1.71. The topological polar surface area (TPSA) is 66.3 Å². The average Bonchev–Trinajstić information content (AvgIpc) is 4.14. The summed E-state index contributed by atoms with van der Waals surface area (Å²) < 4.78 is 5.95. The molecule has 0 radical (unpaired) electrons. The molecule has 0 aliphatic carbocycles. The summed E-state index contributed by atoms with van der Waals surface area (Å²) in [5, 5.41) is 12.2. The summed E-state index contributed by atoms with van der Waals surface area (Å²) in [5.74, 6) is 0. The lowest BCUT2D eigenvalue weighted by molar-refractivity contribution is 0.354. The molecule has 0 aliphatic rings. The highest BCUT2D eigenvalue weighted by Crippen LogP contribution is 2.14. The van der Waals surface area contributed by atoms with Gasteiger partial charge in [-0.3, -0.25) is 9.67 Å². The first kappa shape index (κ1) is 108. The Hall–Kier alpha value is -3.52. The van der Waals surface area contributed by atoms with Gasteiger partial charge >= 0.3 is 0 Å². The van der Waals surface area contributed by atoms with Crippen LogP contribution >= 0.6 is 11.3 Å². The largest absolute Gasteiger partial charge is 0.349 e. The molecule has 0 aromatic carbocycles. The van der Waals surface area contributed by atoms with Gasteiger partial charge in [0.05, 0.1) is 11.1 Å². The van der Waals surface area contributed by atoms with Gasteiger partial charge in [0.1, 0.15) is 12.7 Å². The number of thiophene rings is 1. The van der Waals surface area contributed by atoms with Crippen molar-refractivity contribution in [1.29, 1.82) is 0 Å². The van der Waals surface area contributed by atoms with Gasteiger partial charge in [0.2, 0.25) is 0 Å². The third-order valence-electron chi connectivity index (χ3n) is 4.67. The van der Waals surface area contributed by atoms with Crippen LogP contribution in [0.1, 0.15) is 325 Å². The molecule has 0 bridgehead atoms. The molecule has 5 rings (SSSR count). The van der Waals surface area contributed by atoms with Gasteiger partial charge in [-0.15, -0.1) is 0 Å². The lowest BCUT2D eigenvalue weighted by Crippen LogP contribution is -2.21. The first-order chi connectivity index (χ1) is 36.8. The van der Waals surface area contributed by atoms with E-state index in [2.05, 4.69) is 293 Å². The van der Waals surface area contributed by atoms with Gasteiger partial charge in [-0.2, -0.15) is 21.5 Å². The predicted molar refractivity (Wildman–Crippen MR) is 393 cm³/mol. The van der Waals surface area contributed by atoms with Crippen molar-refractivity contribution in [1.82, 2.24) is 34.1 Å². The van der Waals surface area contributed by atoms with Crippen molar-refractivity contribution in [3.05, 3.63) is 109 Å². The van der Waals surface area contributed by atoms with E-state index in [1.807, 2.05) is 144 Å². The second kappa shape index (κ2) is 60.2. The first-order valence-electron chi connectivity index (χ1n) is 31.6. The van der Waals surface area contributed by atoms with E-state index in [-0.39, 0.29) is 16.6 Å². The van der Waals surface area contributed by atoms with E-state index in [1.165, 1.54) is 0 Å². The molecule has 0 saturated carbocycles. The van der Waals surface area contributed by atoms with E-state index >= 15 is 0 Å². The molecular formula is C75H159N7S. The van der Waals surface area contributed by atoms with Crippen LogP contribution < -0.4 is 0 Å². The summed E-state index contributed by atoms with van der Waals surface area (Å²) in [4.78, 5) is 7.63. The molecule has 0 saturated heterocycles. The number of hydrogen-bond acceptors (Lipinski definition) is 5. The molecule has 0 aliphatic heterocycles. The highest BCUT2D eigenvalue weighted by atomic mass is 32.1. The minimum Gasteiger partial charge on any atom is -0.349 e. The fraction of sp³-hybridized carbons (Fsp3) is 0.760. The van der Waals surface area contributed by atoms with Crippen molar-refractivity contribution in [2.45, 2.75) is 342 Å². The Bertz CT molecular complexity index is 1460. The molecule has 7 nitrogen and oxygen atoms in total. The van der Waals surface area contributed by atoms with Crippen molar-refractivity contribution in [3.8, 4) is 0 Å². The smallest absolute Gasteiger partial charge is 0.137 e. The van der Waals surface area contributed by atoms with Crippen molar-refractivity contribution in [3.63, 3.8) is 0 Å². The van der Waals surface area contributed by atoms with Gasteiger partial charge in [-0.05, 0) is 141 Å². The van der Waals surface area contributed by atoms with Crippen LogP contribution in [0.3, 0.4) is 0 Å². The highest BCUT2D eigenvalue weighted by Gasteiger charge is 2.12. The lowest BCUT2D eigenvalue weighted by atomic mass is 10.0. The third kappa shape index (κ3) is 212. The average molecular weight is 1190 g/mol. The molecular weight excluding hydrogens is 1030 g/mol. The number of rotatable bonds is 0. The van der Waals surface area contributed by atoms with Gasteiger partial charge in [-0.25, -0.2) is 9.67 Å². The standard InChI is InChI=1S/C8H13N.C7H12N2.C6H11N3.C5H5N.7C5H12.C4H4S.5C2H6/c1-8(2,3)9-6-4-5-7-9;1-7(2,3)9-6-4-5-8-9;1-6(2,3)9-5-7-4-8-9;1-2-4-6-5-3-1;7*1-5(2,3)4;1-2-4-5-3-1;5*1-2/h4-7H,1-3H3;4-6H,1-3H3;4-5H,1-3H3;1-5H;7*1-4H3;1-4H;5*1-2H3. The van der Waals surface area contributed by atoms with Crippen molar-refractivity contribution >= 4 is 11.3 Å². The predicted octanol–water partition coefficient (Wildman–Crippen LogP) is 27.2. The molecule has 5 aromatic heterocycles. The van der Waals surface area contributed by atoms with E-state index in [4.69, 9.17) is 0 Å². The van der Waals surface area contributed by atoms with Crippen LogP contribution in [0.15, 0.2) is 109 Å². The SMILES string of the molecule is CC.CC.CC.CC.CC.CC(C)(C)C.CC(C)(C)C.CC(C)(C)C.CC(C)(C)C.CC(C)(C)C.CC(C)(C)C.CC(C)(C)C.CC(C)(C)n1cccc1.CC(C)(C)n1cccn1.CC(C)(C)n1cncn1.c1ccncc1.c1ccsc1. The van der Waals surface area contributed by atoms with Gasteiger partial charge < -0.3 is 4.57 Å². The van der Waals surface area contributed by atoms with Crippen molar-refractivity contribution in [2.24, 2.45) is 37.9 Å². The summed E-state index contributed by atoms with van der Waals surface area (Å²) in [6.45, 7) is 100. The minimum absolute atomic E-state index is 0.0660. The Kier molecular flexibility index (Phi) is 77.9. The molecule has 0 unspecified atom stereocenters. The Morgan fingerprint density at radius 2 is 0.518 bits per heavy atom. The van der Waals surface area contributed by atoms with Crippen LogP contribution in [0.4, 0.5) is 0 Å². The number of aromatic nitrogens is 7. The maximum Gasteiger partial charge on any atom is 0.137 e. The zero-order chi connectivity index (χ0) is 70.0. The quantitative estimate of drug-likeness (QED) is 0.155. The second-order valence-corrected chi connectivity index (χ2v) is 33.0. The van der Waals surface area contributed by atoms with Crippen LogP contribution in [0.25, 0.3) is 0 Å². The van der Waals surface area contributed by atoms with Crippen LogP contribution in [-0.4, -0.2) is 34.1 Å². The van der Waals surface area contributed by atoms with Gasteiger partial charge in [0, 0.05) is 42.7 Å². The fourth-order valence-electron chi connectivity index (χ4n) is 2.54. The Morgan fingerprint density at radius 3 is 0.614 bits per heavy atom. The molecule has 83 heavy (non-hydrogen) atoms. The van der Waals surface area contributed by atoms with E-state index in [1.54, 1.807) is 42.6 Å². The third-order valence-corrected chi connectivity index (χ3v) is 5.30. The molecule has 0 spiro atoms. The molecule has 0 N–H and O–H groups in total. The van der Waals surface area contributed by atoms with Crippen LogP contribution in [-0.2, 0) is 16.6 Å². The highest BCUT2D eigenvalue weighted by molar-refractivity contribution is 7.07. The molecule has 5 heterocycles. The van der Waals surface area contributed by atoms with Crippen LogP contribution in [0.5, 0.6) is 0 Å². The van der Waals surface area contributed by atoms with Gasteiger partial charge in [-0.1, -0.05) is 281 Å². The monoisotopic (exact) mass is 1190 g/mol. The summed E-state index contributed by atoms with van der Waals surface area (Å²) in [6, 6.07) is 15.8. The first-order valence-corrected chi connectivity index (χ1v) is 32.6. The summed E-state index contributed by atoms with van der Waals surface area (Å²) in [6.07, 6.45) is 14.7. The Labute approximate surface area is 531 Å². The van der Waals surface area contributed by atoms with E-state index in [9.17, 15) is 0 Å². The molecule has 5 aromatic rings. The maximum atomic E-state index is 4.10. The second-order valence-electron chi connectivity index (χ2n) is 32.2. The van der Waals surface area contributed by atoms with Crippen LogP contribution in [0.2, 0.25) is 0 Å². The number of pyridine rings is 1. The molecule has 0 amide bonds. The molecule has 0 fully saturated rings. The maximum absolute atomic E-state index is 4.10. The normalized spacial score (nSPS) is 10.3. The molecule has 8 heteroatoms. The zero-order valence-corrected chi connectivity index (χ0v) is 66.7. The van der Waals surface area contributed by atoms with Gasteiger partial charge in [0.25, 0.3) is 0 Å². The van der Waals surface area contributed by atoms with Crippen molar-refractivity contribution < 1.29 is 0 Å². The Morgan fingerprint density at radius 1 is 0.253 bits per heavy atom. The summed E-state index contributed by atoms with van der Waals surface area (Å²) in [5.41, 5.74) is 3.93. The van der Waals surface area contributed by atoms with Crippen LogP contribution in [0, 0.1) is 37.9 Å². The molecule has 500 valence electrons. The zero-order valence-electron chi connectivity index (χ0n) is 65.9. The minimum atomic E-state index is 0.0660. The number of hydrogen-bond donors (Lipinski definition) is 0. The van der Waals surface area contributed by atoms with Gasteiger partial charge in [0.15, 0.2) is 0 Å². The molecule has 0 atom stereocenters. The van der Waals surface area contributed by atoms with E-state index in [0.717, 1.165) is 0 Å². The fourth-order valence-corrected chi connectivity index (χ4v) is 3.00. The van der Waals surface area contributed by atoms with E-state index in [0.29, 0.717) is 37.9 Å². The summed E-state index contributed by atoms with van der Waals surface area (Å²) in [7, 11) is 0. The van der Waals surface area contributed by atoms with E-state index < -0.39 is 0 Å². The van der Waals surface area contributed by atoms with Crippen molar-refractivity contribution in [2.75, 3.05) is 0 Å². The Balaban J connectivity index is -0.0000000659. The lowest BCUT2D eigenvalue weighted by Gasteiger charge is -2.20.